The highest BCUT2D eigenvalue weighted by molar-refractivity contribution is 5.76. The first-order valence-corrected chi connectivity index (χ1v) is 7.64. The van der Waals surface area contributed by atoms with E-state index in [1.54, 1.807) is 23.1 Å². The molecule has 10 nitrogen and oxygen atoms in total. The predicted molar refractivity (Wildman–Crippen MR) is 86.6 cm³/mol. The summed E-state index contributed by atoms with van der Waals surface area (Å²) in [5, 5.41) is 23.7. The number of rotatable bonds is 4. The quantitative estimate of drug-likeness (QED) is 0.583. The minimum atomic E-state index is -0.398. The molecule has 1 aromatic carbocycles. The van der Waals surface area contributed by atoms with Crippen LogP contribution in [0.1, 0.15) is 5.82 Å². The first-order valence-electron chi connectivity index (χ1n) is 7.64. The third kappa shape index (κ3) is 3.55. The summed E-state index contributed by atoms with van der Waals surface area (Å²) in [7, 11) is 0. The smallest absolute Gasteiger partial charge is 0.292 e. The molecule has 1 fully saturated rings. The lowest BCUT2D eigenvalue weighted by Crippen LogP contribution is -2.49. The van der Waals surface area contributed by atoms with Crippen molar-refractivity contribution < 1.29 is 9.72 Å². The minimum Gasteiger partial charge on any atom is -0.362 e. The monoisotopic (exact) mass is 341 g/mol. The second-order valence-electron chi connectivity index (χ2n) is 5.49. The van der Waals surface area contributed by atoms with Gasteiger partial charge in [0.15, 0.2) is 0 Å². The highest BCUT2D eigenvalue weighted by Gasteiger charge is 2.25. The Labute approximate surface area is 143 Å². The normalized spacial score (nSPS) is 14.2. The SMILES string of the molecule is N#Cc1ncn(CC(=O)N2CCN(c3ccccc3[N+](=O)[O-])CC2)n1. The molecule has 2 aromatic rings. The van der Waals surface area contributed by atoms with Gasteiger partial charge in [0.1, 0.15) is 24.6 Å². The maximum Gasteiger partial charge on any atom is 0.292 e. The molecule has 10 heteroatoms. The van der Waals surface area contributed by atoms with Crippen molar-refractivity contribution in [3.63, 3.8) is 0 Å². The van der Waals surface area contributed by atoms with Crippen molar-refractivity contribution in [1.82, 2.24) is 19.7 Å². The van der Waals surface area contributed by atoms with Crippen molar-refractivity contribution in [1.29, 1.82) is 5.26 Å². The Kier molecular flexibility index (Phi) is 4.56. The van der Waals surface area contributed by atoms with Crippen molar-refractivity contribution in [2.24, 2.45) is 0 Å². The van der Waals surface area contributed by atoms with Crippen LogP contribution in [0.25, 0.3) is 0 Å². The van der Waals surface area contributed by atoms with Gasteiger partial charge in [0.25, 0.3) is 11.5 Å². The van der Waals surface area contributed by atoms with Gasteiger partial charge in [-0.2, -0.15) is 5.26 Å². The Hall–Kier alpha value is -3.48. The third-order valence-electron chi connectivity index (χ3n) is 3.99. The Morgan fingerprint density at radius 3 is 2.64 bits per heavy atom. The summed E-state index contributed by atoms with van der Waals surface area (Å²) in [5.74, 6) is -0.106. The topological polar surface area (TPSA) is 121 Å². The number of carbonyl (C=O) groups is 1. The number of aromatic nitrogens is 3. The highest BCUT2D eigenvalue weighted by Crippen LogP contribution is 2.28. The number of piperazine rings is 1. The van der Waals surface area contributed by atoms with Gasteiger partial charge in [-0.25, -0.2) is 9.67 Å². The van der Waals surface area contributed by atoms with Crippen molar-refractivity contribution in [2.45, 2.75) is 6.54 Å². The number of hydrogen-bond donors (Lipinski definition) is 0. The van der Waals surface area contributed by atoms with E-state index in [0.717, 1.165) is 0 Å². The van der Waals surface area contributed by atoms with Crippen LogP contribution in [-0.4, -0.2) is 56.7 Å². The molecule has 0 spiro atoms. The minimum absolute atomic E-state index is 0.0141. The molecule has 0 N–H and O–H groups in total. The van der Waals surface area contributed by atoms with Crippen LogP contribution in [-0.2, 0) is 11.3 Å². The lowest BCUT2D eigenvalue weighted by Gasteiger charge is -2.35. The van der Waals surface area contributed by atoms with Gasteiger partial charge >= 0.3 is 0 Å². The summed E-state index contributed by atoms with van der Waals surface area (Å²) in [6, 6.07) is 8.40. The van der Waals surface area contributed by atoms with Crippen molar-refractivity contribution in [3.05, 3.63) is 46.5 Å². The van der Waals surface area contributed by atoms with Gasteiger partial charge in [-0.05, 0) is 6.07 Å². The van der Waals surface area contributed by atoms with Crippen molar-refractivity contribution >= 4 is 17.3 Å². The molecular weight excluding hydrogens is 326 g/mol. The molecule has 2 heterocycles. The van der Waals surface area contributed by atoms with Gasteiger partial charge in [0.05, 0.1) is 4.92 Å². The van der Waals surface area contributed by atoms with Crippen LogP contribution in [0.3, 0.4) is 0 Å². The summed E-state index contributed by atoms with van der Waals surface area (Å²) < 4.78 is 1.33. The maximum atomic E-state index is 12.3. The molecular formula is C15H15N7O3. The Bertz CT molecular complexity index is 834. The second kappa shape index (κ2) is 6.96. The number of nitro benzene ring substituents is 1. The molecule has 0 saturated carbocycles. The zero-order valence-corrected chi connectivity index (χ0v) is 13.3. The van der Waals surface area contributed by atoms with E-state index >= 15 is 0 Å². The number of para-hydroxylation sites is 2. The Balaban J connectivity index is 1.61. The first kappa shape index (κ1) is 16.4. The van der Waals surface area contributed by atoms with Gasteiger partial charge in [0.2, 0.25) is 5.91 Å². The van der Waals surface area contributed by atoms with E-state index in [0.29, 0.717) is 31.9 Å². The Morgan fingerprint density at radius 2 is 2.00 bits per heavy atom. The van der Waals surface area contributed by atoms with Gasteiger partial charge < -0.3 is 9.80 Å². The number of carbonyl (C=O) groups excluding carboxylic acids is 1. The Morgan fingerprint density at radius 1 is 1.28 bits per heavy atom. The van der Waals surface area contributed by atoms with E-state index in [-0.39, 0.29) is 24.0 Å². The molecule has 0 unspecified atom stereocenters. The number of amides is 1. The van der Waals surface area contributed by atoms with Gasteiger partial charge in [-0.3, -0.25) is 14.9 Å². The summed E-state index contributed by atoms with van der Waals surface area (Å²) in [5.41, 5.74) is 0.628. The maximum absolute atomic E-state index is 12.3. The van der Waals surface area contributed by atoms with E-state index in [2.05, 4.69) is 10.1 Å². The number of hydrogen-bond acceptors (Lipinski definition) is 7. The number of nitrogens with zero attached hydrogens (tertiary/aromatic N) is 7. The fraction of sp³-hybridized carbons (Fsp3) is 0.333. The first-order chi connectivity index (χ1) is 12.1. The number of benzene rings is 1. The number of nitro groups is 1. The summed E-state index contributed by atoms with van der Waals surface area (Å²) in [6.45, 7) is 1.96. The second-order valence-corrected chi connectivity index (χ2v) is 5.49. The molecule has 0 bridgehead atoms. The zero-order chi connectivity index (χ0) is 17.8. The molecule has 0 aliphatic carbocycles. The number of nitriles is 1. The summed E-state index contributed by atoms with van der Waals surface area (Å²) in [6.07, 6.45) is 1.35. The van der Waals surface area contributed by atoms with E-state index in [4.69, 9.17) is 5.26 Å². The van der Waals surface area contributed by atoms with Crippen LogP contribution in [0.15, 0.2) is 30.6 Å². The molecule has 25 heavy (non-hydrogen) atoms. The van der Waals surface area contributed by atoms with E-state index < -0.39 is 4.92 Å². The largest absolute Gasteiger partial charge is 0.362 e. The molecule has 1 aliphatic rings. The van der Waals surface area contributed by atoms with Crippen molar-refractivity contribution in [3.8, 4) is 6.07 Å². The summed E-state index contributed by atoms with van der Waals surface area (Å²) >= 11 is 0. The molecule has 3 rings (SSSR count). The average molecular weight is 341 g/mol. The molecule has 1 saturated heterocycles. The molecule has 1 amide bonds. The van der Waals surface area contributed by atoms with Crippen LogP contribution in [0, 0.1) is 21.4 Å². The average Bonchev–Trinajstić information content (AvgIpc) is 3.09. The van der Waals surface area contributed by atoms with E-state index in [1.165, 1.54) is 17.1 Å². The van der Waals surface area contributed by atoms with Crippen molar-refractivity contribution in [2.75, 3.05) is 31.1 Å². The van der Waals surface area contributed by atoms with E-state index in [1.807, 2.05) is 11.0 Å². The van der Waals surface area contributed by atoms with Crippen LogP contribution in [0.5, 0.6) is 0 Å². The number of anilines is 1. The predicted octanol–water partition coefficient (Wildman–Crippen LogP) is 0.407. The van der Waals surface area contributed by atoms with Crippen LogP contribution >= 0.6 is 0 Å². The lowest BCUT2D eigenvalue weighted by atomic mass is 10.2. The highest BCUT2D eigenvalue weighted by atomic mass is 16.6. The summed E-state index contributed by atoms with van der Waals surface area (Å²) in [4.78, 5) is 30.4. The fourth-order valence-electron chi connectivity index (χ4n) is 2.74. The zero-order valence-electron chi connectivity index (χ0n) is 13.3. The van der Waals surface area contributed by atoms with Gasteiger partial charge in [-0.15, -0.1) is 5.10 Å². The van der Waals surface area contributed by atoms with Crippen LogP contribution in [0.2, 0.25) is 0 Å². The van der Waals surface area contributed by atoms with E-state index in [9.17, 15) is 14.9 Å². The van der Waals surface area contributed by atoms with Gasteiger partial charge in [-0.1, -0.05) is 12.1 Å². The molecule has 0 atom stereocenters. The fourth-order valence-corrected chi connectivity index (χ4v) is 2.74. The van der Waals surface area contributed by atoms with Crippen LogP contribution in [0.4, 0.5) is 11.4 Å². The van der Waals surface area contributed by atoms with Gasteiger partial charge in [0, 0.05) is 32.2 Å². The lowest BCUT2D eigenvalue weighted by molar-refractivity contribution is -0.384. The molecule has 1 aromatic heterocycles. The molecule has 128 valence electrons. The molecule has 0 radical (unpaired) electrons. The standard InChI is InChI=1S/C15H15N7O3/c16-9-14-17-11-21(18-14)10-15(23)20-7-5-19(6-8-20)12-3-1-2-4-13(12)22(24)25/h1-4,11H,5-8,10H2. The third-order valence-corrected chi connectivity index (χ3v) is 3.99. The van der Waals surface area contributed by atoms with Crippen LogP contribution < -0.4 is 4.90 Å². The molecule has 1 aliphatic heterocycles.